The number of aryl methyl sites for hydroxylation is 1. The van der Waals surface area contributed by atoms with Gasteiger partial charge < -0.3 is 14.2 Å². The van der Waals surface area contributed by atoms with E-state index in [0.29, 0.717) is 11.5 Å². The lowest BCUT2D eigenvalue weighted by molar-refractivity contribution is -0.119. The van der Waals surface area contributed by atoms with Crippen LogP contribution < -0.4 is 23.9 Å². The second kappa shape index (κ2) is 11.4. The average Bonchev–Trinajstić information content (AvgIpc) is 2.87. The molecular formula is C25H27N3O6S. The lowest BCUT2D eigenvalue weighted by Crippen LogP contribution is -2.39. The zero-order valence-electron chi connectivity index (χ0n) is 19.9. The minimum absolute atomic E-state index is 0.0375. The molecule has 0 aliphatic heterocycles. The van der Waals surface area contributed by atoms with Crippen molar-refractivity contribution < 1.29 is 27.4 Å². The number of nitrogens with zero attached hydrogens (tertiary/aromatic N) is 2. The zero-order chi connectivity index (χ0) is 25.4. The van der Waals surface area contributed by atoms with Gasteiger partial charge in [-0.25, -0.2) is 13.8 Å². The summed E-state index contributed by atoms with van der Waals surface area (Å²) >= 11 is 0. The molecule has 1 N–H and O–H groups in total. The number of hydrogen-bond donors (Lipinski definition) is 1. The molecule has 0 atom stereocenters. The van der Waals surface area contributed by atoms with Gasteiger partial charge in [0.15, 0.2) is 0 Å². The van der Waals surface area contributed by atoms with Crippen LogP contribution in [0.4, 0.5) is 5.69 Å². The molecule has 0 aliphatic carbocycles. The van der Waals surface area contributed by atoms with Gasteiger partial charge in [-0.3, -0.25) is 9.10 Å². The van der Waals surface area contributed by atoms with E-state index in [1.54, 1.807) is 55.6 Å². The normalized spacial score (nSPS) is 11.2. The minimum atomic E-state index is -4.12. The van der Waals surface area contributed by atoms with Crippen LogP contribution >= 0.6 is 0 Å². The van der Waals surface area contributed by atoms with Gasteiger partial charge in [-0.1, -0.05) is 17.7 Å². The van der Waals surface area contributed by atoms with Gasteiger partial charge in [-0.15, -0.1) is 0 Å². The first-order valence-electron chi connectivity index (χ1n) is 10.6. The molecule has 9 nitrogen and oxygen atoms in total. The van der Waals surface area contributed by atoms with Crippen LogP contribution in [0.2, 0.25) is 0 Å². The van der Waals surface area contributed by atoms with Crippen molar-refractivity contribution in [2.75, 3.05) is 32.2 Å². The summed E-state index contributed by atoms with van der Waals surface area (Å²) in [4.78, 5) is 12.8. The maximum absolute atomic E-state index is 13.6. The van der Waals surface area contributed by atoms with Crippen molar-refractivity contribution in [3.8, 4) is 17.2 Å². The maximum Gasteiger partial charge on any atom is 0.264 e. The molecule has 0 fully saturated rings. The molecule has 1 amide bonds. The number of carbonyl (C=O) groups excluding carboxylic acids is 1. The van der Waals surface area contributed by atoms with E-state index in [-0.39, 0.29) is 16.3 Å². The predicted molar refractivity (Wildman–Crippen MR) is 134 cm³/mol. The summed E-state index contributed by atoms with van der Waals surface area (Å²) in [6.07, 6.45) is 1.45. The smallest absolute Gasteiger partial charge is 0.264 e. The molecule has 0 spiro atoms. The summed E-state index contributed by atoms with van der Waals surface area (Å²) in [7, 11) is 0.350. The van der Waals surface area contributed by atoms with E-state index < -0.39 is 22.5 Å². The first-order chi connectivity index (χ1) is 16.8. The Balaban J connectivity index is 1.90. The van der Waals surface area contributed by atoms with Crippen molar-refractivity contribution in [1.29, 1.82) is 0 Å². The summed E-state index contributed by atoms with van der Waals surface area (Å²) in [6.45, 7) is 1.33. The summed E-state index contributed by atoms with van der Waals surface area (Å²) < 4.78 is 43.8. The molecule has 10 heteroatoms. The molecule has 0 saturated carbocycles. The minimum Gasteiger partial charge on any atom is -0.497 e. The lowest BCUT2D eigenvalue weighted by atomic mass is 10.2. The number of amides is 1. The highest BCUT2D eigenvalue weighted by Gasteiger charge is 2.29. The summed E-state index contributed by atoms with van der Waals surface area (Å²) in [5, 5.41) is 3.94. The summed E-state index contributed by atoms with van der Waals surface area (Å²) in [5.41, 5.74) is 4.20. The number of carbonyl (C=O) groups is 1. The van der Waals surface area contributed by atoms with E-state index in [0.717, 1.165) is 15.4 Å². The van der Waals surface area contributed by atoms with Crippen molar-refractivity contribution in [3.05, 3.63) is 77.9 Å². The molecule has 3 aromatic carbocycles. The third kappa shape index (κ3) is 6.30. The fourth-order valence-corrected chi connectivity index (χ4v) is 4.59. The van der Waals surface area contributed by atoms with Gasteiger partial charge in [0, 0.05) is 6.07 Å². The molecule has 0 radical (unpaired) electrons. The second-order valence-electron chi connectivity index (χ2n) is 7.43. The number of ether oxygens (including phenoxy) is 3. The molecule has 0 aromatic heterocycles. The Morgan fingerprint density at radius 1 is 0.914 bits per heavy atom. The van der Waals surface area contributed by atoms with Gasteiger partial charge in [0.05, 0.1) is 38.1 Å². The lowest BCUT2D eigenvalue weighted by Gasteiger charge is -2.25. The largest absolute Gasteiger partial charge is 0.497 e. The van der Waals surface area contributed by atoms with Crippen LogP contribution in [0.15, 0.2) is 76.7 Å². The number of anilines is 1. The quantitative estimate of drug-likeness (QED) is 0.340. The Morgan fingerprint density at radius 2 is 1.54 bits per heavy atom. The Bertz CT molecular complexity index is 1290. The van der Waals surface area contributed by atoms with E-state index >= 15 is 0 Å². The van der Waals surface area contributed by atoms with Gasteiger partial charge in [0.25, 0.3) is 15.9 Å². The van der Waals surface area contributed by atoms with Crippen molar-refractivity contribution in [2.45, 2.75) is 11.8 Å². The number of hydrazone groups is 1. The van der Waals surface area contributed by atoms with Crippen molar-refractivity contribution in [2.24, 2.45) is 5.10 Å². The molecule has 0 aliphatic rings. The van der Waals surface area contributed by atoms with E-state index in [1.807, 2.05) is 6.92 Å². The fraction of sp³-hybridized carbons (Fsp3) is 0.200. The summed E-state index contributed by atoms with van der Waals surface area (Å²) in [6, 6.07) is 18.1. The molecule has 0 heterocycles. The van der Waals surface area contributed by atoms with Gasteiger partial charge in [-0.2, -0.15) is 5.10 Å². The number of sulfonamides is 1. The Kier molecular flexibility index (Phi) is 8.32. The topological polar surface area (TPSA) is 107 Å². The van der Waals surface area contributed by atoms with Crippen LogP contribution in [0.3, 0.4) is 0 Å². The van der Waals surface area contributed by atoms with Crippen LogP contribution in [0.1, 0.15) is 11.1 Å². The number of benzene rings is 3. The number of hydrogen-bond acceptors (Lipinski definition) is 7. The highest BCUT2D eigenvalue weighted by Crippen LogP contribution is 2.35. The Labute approximate surface area is 205 Å². The number of nitrogens with one attached hydrogen (secondary N) is 1. The SMILES string of the molecule is COc1ccc(/C=N\NC(=O)CN(c2ccc(OC)cc2OC)S(=O)(=O)c2ccc(C)cc2)cc1. The monoisotopic (exact) mass is 497 g/mol. The molecule has 35 heavy (non-hydrogen) atoms. The summed E-state index contributed by atoms with van der Waals surface area (Å²) in [5.74, 6) is 0.765. The van der Waals surface area contributed by atoms with Gasteiger partial charge in [0.1, 0.15) is 23.8 Å². The molecule has 184 valence electrons. The standard InChI is InChI=1S/C25H27N3O6S/c1-18-5-12-22(13-6-18)35(30,31)28(23-14-11-21(33-3)15-24(23)34-4)17-25(29)27-26-16-19-7-9-20(32-2)10-8-19/h5-16H,17H2,1-4H3,(H,27,29)/b26-16-. The van der Waals surface area contributed by atoms with Crippen LogP contribution in [0.5, 0.6) is 17.2 Å². The predicted octanol–water partition coefficient (Wildman–Crippen LogP) is 3.37. The molecule has 3 aromatic rings. The average molecular weight is 498 g/mol. The molecular weight excluding hydrogens is 470 g/mol. The molecule has 0 saturated heterocycles. The van der Waals surface area contributed by atoms with Crippen LogP contribution in [-0.4, -0.2) is 48.4 Å². The first-order valence-corrected chi connectivity index (χ1v) is 12.0. The van der Waals surface area contributed by atoms with Crippen LogP contribution in [0.25, 0.3) is 0 Å². The fourth-order valence-electron chi connectivity index (χ4n) is 3.16. The van der Waals surface area contributed by atoms with Crippen molar-refractivity contribution in [3.63, 3.8) is 0 Å². The van der Waals surface area contributed by atoms with Gasteiger partial charge >= 0.3 is 0 Å². The maximum atomic E-state index is 13.6. The Hall–Kier alpha value is -4.05. The molecule has 3 rings (SSSR count). The first kappa shape index (κ1) is 25.6. The van der Waals surface area contributed by atoms with E-state index in [9.17, 15) is 13.2 Å². The third-order valence-electron chi connectivity index (χ3n) is 5.07. The third-order valence-corrected chi connectivity index (χ3v) is 6.84. The van der Waals surface area contributed by atoms with E-state index in [2.05, 4.69) is 10.5 Å². The van der Waals surface area contributed by atoms with Gasteiger partial charge in [0.2, 0.25) is 0 Å². The molecule has 0 bridgehead atoms. The highest BCUT2D eigenvalue weighted by molar-refractivity contribution is 7.92. The number of methoxy groups -OCH3 is 3. The van der Waals surface area contributed by atoms with Gasteiger partial charge in [-0.05, 0) is 61.0 Å². The van der Waals surface area contributed by atoms with Crippen molar-refractivity contribution in [1.82, 2.24) is 5.43 Å². The number of rotatable bonds is 10. The van der Waals surface area contributed by atoms with E-state index in [4.69, 9.17) is 14.2 Å². The van der Waals surface area contributed by atoms with Crippen LogP contribution in [-0.2, 0) is 14.8 Å². The van der Waals surface area contributed by atoms with Crippen molar-refractivity contribution >= 4 is 27.8 Å². The molecule has 0 unspecified atom stereocenters. The highest BCUT2D eigenvalue weighted by atomic mass is 32.2. The Morgan fingerprint density at radius 3 is 2.14 bits per heavy atom. The second-order valence-corrected chi connectivity index (χ2v) is 9.29. The zero-order valence-corrected chi connectivity index (χ0v) is 20.7. The van der Waals surface area contributed by atoms with Crippen LogP contribution in [0, 0.1) is 6.92 Å². The van der Waals surface area contributed by atoms with E-state index in [1.165, 1.54) is 38.6 Å².